The Kier molecular flexibility index (Phi) is 5.29. The van der Waals surface area contributed by atoms with Gasteiger partial charge < -0.3 is 5.32 Å². The molecule has 2 aliphatic rings. The van der Waals surface area contributed by atoms with Crippen LogP contribution in [0.3, 0.4) is 0 Å². The molecule has 0 spiro atoms. The Morgan fingerprint density at radius 1 is 1.05 bits per heavy atom. The van der Waals surface area contributed by atoms with E-state index in [1.54, 1.807) is 5.56 Å². The minimum atomic E-state index is 0.586. The van der Waals surface area contributed by atoms with Crippen LogP contribution in [0.15, 0.2) is 29.2 Å². The molecule has 3 atom stereocenters. The zero-order valence-corrected chi connectivity index (χ0v) is 14.3. The Bertz CT molecular complexity index is 457. The third-order valence-corrected chi connectivity index (χ3v) is 6.47. The maximum absolute atomic E-state index is 4.00. The molecule has 0 bridgehead atoms. The number of nitrogens with one attached hydrogen (secondary N) is 1. The van der Waals surface area contributed by atoms with Gasteiger partial charge in [-0.25, -0.2) is 0 Å². The van der Waals surface area contributed by atoms with Gasteiger partial charge in [0, 0.05) is 17.0 Å². The number of rotatable bonds is 3. The maximum atomic E-state index is 4.00. The van der Waals surface area contributed by atoms with Crippen molar-refractivity contribution in [3.05, 3.63) is 29.8 Å². The molecule has 3 unspecified atom stereocenters. The molecule has 3 rings (SSSR count). The summed E-state index contributed by atoms with van der Waals surface area (Å²) in [7, 11) is 0. The lowest BCUT2D eigenvalue weighted by atomic mass is 9.89. The highest BCUT2D eigenvalue weighted by Crippen LogP contribution is 2.37. The van der Waals surface area contributed by atoms with Gasteiger partial charge in [0.2, 0.25) is 0 Å². The standard InChI is InChI=1S/C19H29NS/c1-14(2)15-6-5-7-16(11-10-15)20-18-12-13-21-19-9-4-3-8-17(18)19/h3-4,8-9,14-16,18,20H,5-7,10-13H2,1-2H3. The normalized spacial score (nSPS) is 30.0. The summed E-state index contributed by atoms with van der Waals surface area (Å²) in [5.74, 6) is 3.07. The molecule has 0 amide bonds. The second-order valence-electron chi connectivity index (χ2n) is 7.10. The summed E-state index contributed by atoms with van der Waals surface area (Å²) in [6.07, 6.45) is 8.28. The fourth-order valence-corrected chi connectivity index (χ4v) is 5.09. The van der Waals surface area contributed by atoms with Crippen molar-refractivity contribution < 1.29 is 0 Å². The fraction of sp³-hybridized carbons (Fsp3) is 0.684. The molecule has 1 fully saturated rings. The van der Waals surface area contributed by atoms with Crippen molar-refractivity contribution in [3.8, 4) is 0 Å². The molecule has 0 aromatic heterocycles. The van der Waals surface area contributed by atoms with Gasteiger partial charge >= 0.3 is 0 Å². The topological polar surface area (TPSA) is 12.0 Å². The van der Waals surface area contributed by atoms with Crippen LogP contribution in [0.2, 0.25) is 0 Å². The molecule has 1 aliphatic heterocycles. The number of benzene rings is 1. The van der Waals surface area contributed by atoms with Crippen molar-refractivity contribution in [1.29, 1.82) is 0 Å². The Labute approximate surface area is 134 Å². The van der Waals surface area contributed by atoms with Crippen molar-refractivity contribution in [2.24, 2.45) is 11.8 Å². The Morgan fingerprint density at radius 3 is 2.76 bits per heavy atom. The van der Waals surface area contributed by atoms with E-state index in [9.17, 15) is 0 Å². The highest BCUT2D eigenvalue weighted by molar-refractivity contribution is 7.99. The molecular weight excluding hydrogens is 274 g/mol. The van der Waals surface area contributed by atoms with Gasteiger partial charge in [0.15, 0.2) is 0 Å². The number of fused-ring (bicyclic) bond motifs is 1. The summed E-state index contributed by atoms with van der Waals surface area (Å²) in [5, 5.41) is 4.00. The second-order valence-corrected chi connectivity index (χ2v) is 8.24. The van der Waals surface area contributed by atoms with Crippen LogP contribution in [0.5, 0.6) is 0 Å². The third kappa shape index (κ3) is 3.84. The van der Waals surface area contributed by atoms with E-state index in [4.69, 9.17) is 0 Å². The van der Waals surface area contributed by atoms with Gasteiger partial charge in [0.25, 0.3) is 0 Å². The molecule has 2 heteroatoms. The van der Waals surface area contributed by atoms with E-state index in [1.807, 2.05) is 11.8 Å². The van der Waals surface area contributed by atoms with Gasteiger partial charge in [0.05, 0.1) is 0 Å². The van der Waals surface area contributed by atoms with Gasteiger partial charge in [-0.1, -0.05) is 44.9 Å². The van der Waals surface area contributed by atoms with Gasteiger partial charge in [-0.15, -0.1) is 11.8 Å². The SMILES string of the molecule is CC(C)C1CCCC(NC2CCSc3ccccc32)CC1. The maximum Gasteiger partial charge on any atom is 0.0341 e. The number of hydrogen-bond donors (Lipinski definition) is 1. The Hall–Kier alpha value is -0.470. The van der Waals surface area contributed by atoms with Crippen molar-refractivity contribution in [2.75, 3.05) is 5.75 Å². The molecule has 1 saturated carbocycles. The van der Waals surface area contributed by atoms with Crippen LogP contribution in [0.25, 0.3) is 0 Å². The largest absolute Gasteiger partial charge is 0.307 e. The van der Waals surface area contributed by atoms with Gasteiger partial charge in [-0.05, 0) is 54.9 Å². The predicted octanol–water partition coefficient (Wildman–Crippen LogP) is 5.42. The highest BCUT2D eigenvalue weighted by atomic mass is 32.2. The van der Waals surface area contributed by atoms with E-state index in [-0.39, 0.29) is 0 Å². The smallest absolute Gasteiger partial charge is 0.0341 e. The summed E-state index contributed by atoms with van der Waals surface area (Å²) in [6.45, 7) is 4.79. The molecule has 1 N–H and O–H groups in total. The van der Waals surface area contributed by atoms with Gasteiger partial charge in [0.1, 0.15) is 0 Å². The van der Waals surface area contributed by atoms with Gasteiger partial charge in [-0.2, -0.15) is 0 Å². The molecule has 0 saturated heterocycles. The Balaban J connectivity index is 1.62. The first-order valence-corrected chi connectivity index (χ1v) is 9.70. The van der Waals surface area contributed by atoms with Crippen LogP contribution < -0.4 is 5.32 Å². The molecule has 116 valence electrons. The van der Waals surface area contributed by atoms with E-state index >= 15 is 0 Å². The average Bonchev–Trinajstić information content (AvgIpc) is 2.73. The second kappa shape index (κ2) is 7.19. The minimum absolute atomic E-state index is 0.586. The Morgan fingerprint density at radius 2 is 1.90 bits per heavy atom. The van der Waals surface area contributed by atoms with Crippen LogP contribution in [-0.2, 0) is 0 Å². The molecule has 1 nitrogen and oxygen atoms in total. The monoisotopic (exact) mass is 303 g/mol. The fourth-order valence-electron chi connectivity index (χ4n) is 3.96. The van der Waals surface area contributed by atoms with Gasteiger partial charge in [-0.3, -0.25) is 0 Å². The zero-order chi connectivity index (χ0) is 14.7. The quantitative estimate of drug-likeness (QED) is 0.748. The molecule has 0 radical (unpaired) electrons. The van der Waals surface area contributed by atoms with Crippen LogP contribution in [0.1, 0.15) is 64.0 Å². The summed E-state index contributed by atoms with van der Waals surface area (Å²) < 4.78 is 0. The van der Waals surface area contributed by atoms with Crippen molar-refractivity contribution >= 4 is 11.8 Å². The van der Waals surface area contributed by atoms with Crippen LogP contribution in [0, 0.1) is 11.8 Å². The van der Waals surface area contributed by atoms with Crippen molar-refractivity contribution in [3.63, 3.8) is 0 Å². The van der Waals surface area contributed by atoms with E-state index in [0.717, 1.165) is 17.9 Å². The molecule has 1 aromatic rings. The minimum Gasteiger partial charge on any atom is -0.307 e. The molecule has 21 heavy (non-hydrogen) atoms. The first kappa shape index (κ1) is 15.4. The zero-order valence-electron chi connectivity index (χ0n) is 13.5. The predicted molar refractivity (Wildman–Crippen MR) is 92.9 cm³/mol. The lowest BCUT2D eigenvalue weighted by Crippen LogP contribution is -2.34. The molecule has 1 heterocycles. The molecule has 1 aromatic carbocycles. The number of hydrogen-bond acceptors (Lipinski definition) is 2. The van der Waals surface area contributed by atoms with Crippen molar-refractivity contribution in [2.45, 2.75) is 69.4 Å². The van der Waals surface area contributed by atoms with E-state index < -0.39 is 0 Å². The highest BCUT2D eigenvalue weighted by Gasteiger charge is 2.25. The lowest BCUT2D eigenvalue weighted by Gasteiger charge is -2.30. The van der Waals surface area contributed by atoms with Crippen LogP contribution in [0.4, 0.5) is 0 Å². The van der Waals surface area contributed by atoms with E-state index in [1.165, 1.54) is 49.2 Å². The van der Waals surface area contributed by atoms with Crippen LogP contribution in [-0.4, -0.2) is 11.8 Å². The third-order valence-electron chi connectivity index (χ3n) is 5.35. The first-order chi connectivity index (χ1) is 10.2. The summed E-state index contributed by atoms with van der Waals surface area (Å²) in [4.78, 5) is 1.50. The lowest BCUT2D eigenvalue weighted by molar-refractivity contribution is 0.332. The molecular formula is C19H29NS. The average molecular weight is 304 g/mol. The summed E-state index contributed by atoms with van der Waals surface area (Å²) in [6, 6.07) is 10.3. The van der Waals surface area contributed by atoms with Crippen LogP contribution >= 0.6 is 11.8 Å². The summed E-state index contributed by atoms with van der Waals surface area (Å²) in [5.41, 5.74) is 1.54. The van der Waals surface area contributed by atoms with E-state index in [2.05, 4.69) is 43.4 Å². The summed E-state index contributed by atoms with van der Waals surface area (Å²) >= 11 is 2.02. The molecule has 1 aliphatic carbocycles. The van der Waals surface area contributed by atoms with Crippen molar-refractivity contribution in [1.82, 2.24) is 5.32 Å². The number of thioether (sulfide) groups is 1. The first-order valence-electron chi connectivity index (χ1n) is 8.72. The van der Waals surface area contributed by atoms with E-state index in [0.29, 0.717) is 6.04 Å².